The lowest BCUT2D eigenvalue weighted by Gasteiger charge is -2.18. The molecular weight excluding hydrogens is 627 g/mol. The Morgan fingerprint density at radius 3 is 1.40 bits per heavy atom. The first-order chi connectivity index (χ1) is 23.3. The summed E-state index contributed by atoms with van der Waals surface area (Å²) in [4.78, 5) is 42.7. The molecule has 1 atom stereocenters. The molecule has 9 heteroatoms. The molecule has 0 fully saturated rings. The molecule has 0 amide bonds. The molecule has 280 valence electrons. The van der Waals surface area contributed by atoms with E-state index in [0.717, 1.165) is 44.9 Å². The van der Waals surface area contributed by atoms with E-state index in [1.807, 2.05) is 0 Å². The Morgan fingerprint density at radius 2 is 0.938 bits per heavy atom. The van der Waals surface area contributed by atoms with Crippen molar-refractivity contribution in [1.29, 1.82) is 0 Å². The maximum absolute atomic E-state index is 12.3. The van der Waals surface area contributed by atoms with Gasteiger partial charge in [0.15, 0.2) is 6.10 Å². The minimum absolute atomic E-state index is 0.166. The number of hydrogen-bond donors (Lipinski definition) is 2. The molecule has 0 aliphatic heterocycles. The summed E-state index contributed by atoms with van der Waals surface area (Å²) < 4.78 is 26.3. The number of rotatable bonds is 35. The zero-order valence-corrected chi connectivity index (χ0v) is 31.5. The Kier molecular flexibility index (Phi) is 33.8. The van der Waals surface area contributed by atoms with E-state index in [0.29, 0.717) is 12.8 Å². The average Bonchev–Trinajstić information content (AvgIpc) is 3.05. The largest absolute Gasteiger partial charge is 0.469 e. The molecule has 8 nitrogen and oxygen atoms in total. The van der Waals surface area contributed by atoms with E-state index in [1.165, 1.54) is 96.3 Å². The number of allylic oxidation sites excluding steroid dienone is 6. The van der Waals surface area contributed by atoms with E-state index in [1.54, 1.807) is 0 Å². The third kappa shape index (κ3) is 37.1. The number of carbonyl (C=O) groups excluding carboxylic acids is 2. The minimum Gasteiger partial charge on any atom is -0.462 e. The zero-order chi connectivity index (χ0) is 35.4. The summed E-state index contributed by atoms with van der Waals surface area (Å²) in [5.41, 5.74) is 0. The van der Waals surface area contributed by atoms with Crippen LogP contribution < -0.4 is 0 Å². The first-order valence-electron chi connectivity index (χ1n) is 19.3. The average molecular weight is 699 g/mol. The predicted molar refractivity (Wildman–Crippen MR) is 198 cm³/mol. The van der Waals surface area contributed by atoms with Gasteiger partial charge in [0.1, 0.15) is 6.61 Å². The highest BCUT2D eigenvalue weighted by molar-refractivity contribution is 7.46. The fourth-order valence-corrected chi connectivity index (χ4v) is 5.58. The van der Waals surface area contributed by atoms with E-state index < -0.39 is 32.5 Å². The number of hydrogen-bond acceptors (Lipinski definition) is 6. The molecule has 0 unspecified atom stereocenters. The van der Waals surface area contributed by atoms with Crippen LogP contribution in [0.5, 0.6) is 0 Å². The fraction of sp³-hybridized carbons (Fsp3) is 0.795. The van der Waals surface area contributed by atoms with Crippen LogP contribution >= 0.6 is 7.82 Å². The minimum atomic E-state index is -4.76. The van der Waals surface area contributed by atoms with Gasteiger partial charge in [0.05, 0.1) is 6.61 Å². The standard InChI is InChI=1S/C39H71O8P/c1-3-5-7-9-11-13-15-17-19-21-23-25-27-29-31-33-38(40)45-35-37(36-46-48(42,43)44)47-39(41)34-32-30-28-26-24-22-20-18-16-14-12-10-8-6-4-2/h18,20,23-26,37H,3-17,19,21-22,27-36H2,1-2H3,(H2,42,43,44)/b20-18+,25-23+,26-24+/t37-/m1/s1. The molecule has 0 spiro atoms. The molecular formula is C39H71O8P. The number of ether oxygens (including phenoxy) is 2. The second-order valence-corrected chi connectivity index (χ2v) is 14.1. The first-order valence-corrected chi connectivity index (χ1v) is 20.8. The van der Waals surface area contributed by atoms with Gasteiger partial charge in [-0.1, -0.05) is 134 Å². The molecule has 0 aromatic carbocycles. The van der Waals surface area contributed by atoms with Gasteiger partial charge in [-0.2, -0.15) is 0 Å². The highest BCUT2D eigenvalue weighted by Crippen LogP contribution is 2.36. The fourth-order valence-electron chi connectivity index (χ4n) is 5.22. The SMILES string of the molecule is CCCCCCCC/C=C/C/C=C/CCCCC(=O)O[C@H](COC(=O)CCCC/C=C/CCCCCCCCCCC)COP(=O)(O)O. The zero-order valence-electron chi connectivity index (χ0n) is 30.6. The number of esters is 2. The molecule has 0 aliphatic carbocycles. The van der Waals surface area contributed by atoms with Gasteiger partial charge in [-0.15, -0.1) is 0 Å². The van der Waals surface area contributed by atoms with E-state index in [9.17, 15) is 14.2 Å². The molecule has 0 aliphatic rings. The Bertz CT molecular complexity index is 879. The van der Waals surface area contributed by atoms with Crippen molar-refractivity contribution < 1.29 is 37.9 Å². The summed E-state index contributed by atoms with van der Waals surface area (Å²) in [5, 5.41) is 0. The van der Waals surface area contributed by atoms with Crippen molar-refractivity contribution in [2.24, 2.45) is 0 Å². The molecule has 0 saturated heterocycles. The van der Waals surface area contributed by atoms with Gasteiger partial charge in [0.2, 0.25) is 0 Å². The van der Waals surface area contributed by atoms with Crippen molar-refractivity contribution >= 4 is 19.8 Å². The second kappa shape index (κ2) is 35.1. The highest BCUT2D eigenvalue weighted by Gasteiger charge is 2.22. The van der Waals surface area contributed by atoms with Crippen molar-refractivity contribution in [1.82, 2.24) is 0 Å². The molecule has 48 heavy (non-hydrogen) atoms. The van der Waals surface area contributed by atoms with Crippen LogP contribution in [0.3, 0.4) is 0 Å². The molecule has 0 rings (SSSR count). The summed E-state index contributed by atoms with van der Waals surface area (Å²) >= 11 is 0. The van der Waals surface area contributed by atoms with Gasteiger partial charge in [-0.25, -0.2) is 4.57 Å². The quantitative estimate of drug-likeness (QED) is 0.0290. The van der Waals surface area contributed by atoms with Crippen molar-refractivity contribution in [2.45, 2.75) is 187 Å². The van der Waals surface area contributed by atoms with E-state index in [-0.39, 0.29) is 19.4 Å². The summed E-state index contributed by atoms with van der Waals surface area (Å²) in [7, 11) is -4.76. The van der Waals surface area contributed by atoms with Crippen LogP contribution in [-0.4, -0.2) is 41.0 Å². The molecule has 0 radical (unpaired) electrons. The second-order valence-electron chi connectivity index (χ2n) is 12.9. The maximum atomic E-state index is 12.3. The molecule has 0 saturated carbocycles. The molecule has 0 bridgehead atoms. The van der Waals surface area contributed by atoms with Crippen molar-refractivity contribution in [3.8, 4) is 0 Å². The Labute approximate surface area is 293 Å². The van der Waals surface area contributed by atoms with E-state index >= 15 is 0 Å². The van der Waals surface area contributed by atoms with Crippen LogP contribution in [0.15, 0.2) is 36.5 Å². The highest BCUT2D eigenvalue weighted by atomic mass is 31.2. The van der Waals surface area contributed by atoms with Crippen molar-refractivity contribution in [3.05, 3.63) is 36.5 Å². The van der Waals surface area contributed by atoms with E-state index in [4.69, 9.17) is 19.3 Å². The smallest absolute Gasteiger partial charge is 0.462 e. The molecule has 0 aromatic rings. The summed E-state index contributed by atoms with van der Waals surface area (Å²) in [6.45, 7) is 3.62. The van der Waals surface area contributed by atoms with Crippen LogP contribution in [0.4, 0.5) is 0 Å². The van der Waals surface area contributed by atoms with Gasteiger partial charge >= 0.3 is 19.8 Å². The summed E-state index contributed by atoms with van der Waals surface area (Å²) in [6.07, 6.45) is 40.1. The number of phosphoric ester groups is 1. The predicted octanol–water partition coefficient (Wildman–Crippen LogP) is 11.4. The molecule has 0 heterocycles. The molecule has 0 aromatic heterocycles. The van der Waals surface area contributed by atoms with Crippen LogP contribution in [0.1, 0.15) is 181 Å². The van der Waals surface area contributed by atoms with E-state index in [2.05, 4.69) is 54.8 Å². The van der Waals surface area contributed by atoms with Crippen LogP contribution in [-0.2, 0) is 28.2 Å². The van der Waals surface area contributed by atoms with Crippen LogP contribution in [0, 0.1) is 0 Å². The van der Waals surface area contributed by atoms with Gasteiger partial charge in [-0.05, 0) is 70.6 Å². The first kappa shape index (κ1) is 46.3. The van der Waals surface area contributed by atoms with Gasteiger partial charge in [0.25, 0.3) is 0 Å². The molecule has 2 N–H and O–H groups in total. The summed E-state index contributed by atoms with van der Waals surface area (Å²) in [6, 6.07) is 0. The normalized spacial score (nSPS) is 12.8. The maximum Gasteiger partial charge on any atom is 0.469 e. The van der Waals surface area contributed by atoms with Crippen molar-refractivity contribution in [3.63, 3.8) is 0 Å². The number of carbonyl (C=O) groups is 2. The topological polar surface area (TPSA) is 119 Å². The van der Waals surface area contributed by atoms with Crippen LogP contribution in [0.25, 0.3) is 0 Å². The Hall–Kier alpha value is -1.73. The van der Waals surface area contributed by atoms with Gasteiger partial charge in [-0.3, -0.25) is 14.1 Å². The summed E-state index contributed by atoms with van der Waals surface area (Å²) in [5.74, 6) is -0.948. The van der Waals surface area contributed by atoms with Crippen molar-refractivity contribution in [2.75, 3.05) is 13.2 Å². The Morgan fingerprint density at radius 1 is 0.542 bits per heavy atom. The monoisotopic (exact) mass is 698 g/mol. The lowest BCUT2D eigenvalue weighted by molar-refractivity contribution is -0.161. The third-order valence-corrected chi connectivity index (χ3v) is 8.62. The third-order valence-electron chi connectivity index (χ3n) is 8.13. The Balaban J connectivity index is 4.04. The number of phosphoric acid groups is 1. The van der Waals surface area contributed by atoms with Gasteiger partial charge < -0.3 is 19.3 Å². The number of unbranched alkanes of at least 4 members (excludes halogenated alkanes) is 19. The lowest BCUT2D eigenvalue weighted by Crippen LogP contribution is -2.29. The van der Waals surface area contributed by atoms with Crippen LogP contribution in [0.2, 0.25) is 0 Å². The lowest BCUT2D eigenvalue weighted by atomic mass is 10.1. The van der Waals surface area contributed by atoms with Gasteiger partial charge in [0, 0.05) is 12.8 Å².